The van der Waals surface area contributed by atoms with Crippen LogP contribution in [0.4, 0.5) is 5.69 Å². The van der Waals surface area contributed by atoms with Crippen LogP contribution in [-0.2, 0) is 0 Å². The SMILES string of the molecule is CC1NCN(C)C1c1ccncc1N. The van der Waals surface area contributed by atoms with Gasteiger partial charge in [0, 0.05) is 18.9 Å². The summed E-state index contributed by atoms with van der Waals surface area (Å²) in [5, 5.41) is 3.39. The van der Waals surface area contributed by atoms with Crippen LogP contribution in [-0.4, -0.2) is 29.6 Å². The van der Waals surface area contributed by atoms with Crippen LogP contribution in [0.15, 0.2) is 18.5 Å². The lowest BCUT2D eigenvalue weighted by Crippen LogP contribution is -2.24. The first kappa shape index (κ1) is 9.43. The number of rotatable bonds is 1. The largest absolute Gasteiger partial charge is 0.397 e. The lowest BCUT2D eigenvalue weighted by atomic mass is 10.0. The van der Waals surface area contributed by atoms with Crippen molar-refractivity contribution in [3.8, 4) is 0 Å². The van der Waals surface area contributed by atoms with Crippen LogP contribution < -0.4 is 11.1 Å². The second-order valence-electron chi connectivity index (χ2n) is 3.86. The summed E-state index contributed by atoms with van der Waals surface area (Å²) in [4.78, 5) is 6.26. The molecule has 2 heterocycles. The van der Waals surface area contributed by atoms with Crippen LogP contribution in [0.25, 0.3) is 0 Å². The monoisotopic (exact) mass is 192 g/mol. The number of hydrogen-bond acceptors (Lipinski definition) is 4. The molecule has 3 N–H and O–H groups in total. The average molecular weight is 192 g/mol. The normalized spacial score (nSPS) is 28.1. The Morgan fingerprint density at radius 3 is 3.00 bits per heavy atom. The zero-order valence-corrected chi connectivity index (χ0v) is 8.57. The van der Waals surface area contributed by atoms with Gasteiger partial charge >= 0.3 is 0 Å². The van der Waals surface area contributed by atoms with Gasteiger partial charge < -0.3 is 5.73 Å². The van der Waals surface area contributed by atoms with Crippen LogP contribution in [0.3, 0.4) is 0 Å². The minimum Gasteiger partial charge on any atom is -0.397 e. The molecule has 1 aromatic heterocycles. The third kappa shape index (κ3) is 1.47. The van der Waals surface area contributed by atoms with Crippen molar-refractivity contribution in [1.29, 1.82) is 0 Å². The molecule has 0 spiro atoms. The van der Waals surface area contributed by atoms with Gasteiger partial charge in [0.2, 0.25) is 0 Å². The van der Waals surface area contributed by atoms with Gasteiger partial charge in [-0.05, 0) is 25.6 Å². The lowest BCUT2D eigenvalue weighted by Gasteiger charge is -2.23. The Bertz CT molecular complexity index is 316. The molecule has 0 saturated carbocycles. The highest BCUT2D eigenvalue weighted by molar-refractivity contribution is 5.46. The Morgan fingerprint density at radius 2 is 2.43 bits per heavy atom. The number of nitrogens with zero attached hydrogens (tertiary/aromatic N) is 2. The highest BCUT2D eigenvalue weighted by atomic mass is 15.3. The van der Waals surface area contributed by atoms with E-state index in [1.54, 1.807) is 12.4 Å². The zero-order valence-electron chi connectivity index (χ0n) is 8.57. The Balaban J connectivity index is 2.34. The Labute approximate surface area is 84.1 Å². The van der Waals surface area contributed by atoms with E-state index in [1.807, 2.05) is 6.07 Å². The van der Waals surface area contributed by atoms with E-state index in [2.05, 4.69) is 29.2 Å². The van der Waals surface area contributed by atoms with Crippen molar-refractivity contribution >= 4 is 5.69 Å². The van der Waals surface area contributed by atoms with Crippen molar-refractivity contribution in [3.05, 3.63) is 24.0 Å². The van der Waals surface area contributed by atoms with Gasteiger partial charge in [-0.25, -0.2) is 0 Å². The number of pyridine rings is 1. The summed E-state index contributed by atoms with van der Waals surface area (Å²) in [7, 11) is 2.10. The Morgan fingerprint density at radius 1 is 1.64 bits per heavy atom. The van der Waals surface area contributed by atoms with E-state index < -0.39 is 0 Å². The van der Waals surface area contributed by atoms with E-state index >= 15 is 0 Å². The van der Waals surface area contributed by atoms with Crippen LogP contribution >= 0.6 is 0 Å². The van der Waals surface area contributed by atoms with Gasteiger partial charge in [-0.2, -0.15) is 0 Å². The first-order chi connectivity index (χ1) is 6.70. The maximum Gasteiger partial charge on any atom is 0.0549 e. The molecule has 0 radical (unpaired) electrons. The van der Waals surface area contributed by atoms with E-state index in [4.69, 9.17) is 5.73 Å². The second kappa shape index (κ2) is 3.55. The van der Waals surface area contributed by atoms with Gasteiger partial charge in [0.25, 0.3) is 0 Å². The molecule has 0 amide bonds. The topological polar surface area (TPSA) is 54.2 Å². The summed E-state index contributed by atoms with van der Waals surface area (Å²) in [5.74, 6) is 0. The van der Waals surface area contributed by atoms with Gasteiger partial charge in [0.1, 0.15) is 0 Å². The van der Waals surface area contributed by atoms with Crippen molar-refractivity contribution in [2.75, 3.05) is 19.5 Å². The summed E-state index contributed by atoms with van der Waals surface area (Å²) in [6.45, 7) is 3.08. The lowest BCUT2D eigenvalue weighted by molar-refractivity contribution is 0.307. The molecule has 4 heteroatoms. The predicted molar refractivity (Wildman–Crippen MR) is 56.6 cm³/mol. The molecule has 1 aliphatic rings. The molecular formula is C10H16N4. The molecule has 2 rings (SSSR count). The molecule has 0 aliphatic carbocycles. The molecular weight excluding hydrogens is 176 g/mol. The number of aromatic nitrogens is 1. The second-order valence-corrected chi connectivity index (χ2v) is 3.86. The zero-order chi connectivity index (χ0) is 10.1. The van der Waals surface area contributed by atoms with E-state index in [0.29, 0.717) is 12.1 Å². The molecule has 1 saturated heterocycles. The fourth-order valence-corrected chi connectivity index (χ4v) is 2.07. The molecule has 1 aromatic rings. The van der Waals surface area contributed by atoms with E-state index in [9.17, 15) is 0 Å². The molecule has 4 nitrogen and oxygen atoms in total. The number of nitrogens with one attached hydrogen (secondary N) is 1. The number of anilines is 1. The van der Waals surface area contributed by atoms with Crippen molar-refractivity contribution in [2.24, 2.45) is 0 Å². The van der Waals surface area contributed by atoms with E-state index in [0.717, 1.165) is 12.4 Å². The highest BCUT2D eigenvalue weighted by Crippen LogP contribution is 2.29. The van der Waals surface area contributed by atoms with Crippen molar-refractivity contribution in [1.82, 2.24) is 15.2 Å². The van der Waals surface area contributed by atoms with Crippen molar-refractivity contribution < 1.29 is 0 Å². The number of nitrogens with two attached hydrogens (primary N) is 1. The Kier molecular flexibility index (Phi) is 2.39. The van der Waals surface area contributed by atoms with E-state index in [-0.39, 0.29) is 0 Å². The highest BCUT2D eigenvalue weighted by Gasteiger charge is 2.30. The summed E-state index contributed by atoms with van der Waals surface area (Å²) >= 11 is 0. The smallest absolute Gasteiger partial charge is 0.0549 e. The molecule has 2 atom stereocenters. The number of nitrogen functional groups attached to an aromatic ring is 1. The molecule has 1 aliphatic heterocycles. The first-order valence-corrected chi connectivity index (χ1v) is 4.83. The summed E-state index contributed by atoms with van der Waals surface area (Å²) in [5.41, 5.74) is 7.85. The van der Waals surface area contributed by atoms with Crippen LogP contribution in [0.2, 0.25) is 0 Å². The molecule has 0 aromatic carbocycles. The fourth-order valence-electron chi connectivity index (χ4n) is 2.07. The minimum atomic E-state index is 0.359. The van der Waals surface area contributed by atoms with Gasteiger partial charge in [-0.15, -0.1) is 0 Å². The molecule has 14 heavy (non-hydrogen) atoms. The van der Waals surface area contributed by atoms with Gasteiger partial charge in [0.05, 0.1) is 17.9 Å². The van der Waals surface area contributed by atoms with Gasteiger partial charge in [-0.1, -0.05) is 0 Å². The fraction of sp³-hybridized carbons (Fsp3) is 0.500. The molecule has 76 valence electrons. The quantitative estimate of drug-likeness (QED) is 0.683. The molecule has 0 bridgehead atoms. The van der Waals surface area contributed by atoms with Crippen LogP contribution in [0.1, 0.15) is 18.5 Å². The summed E-state index contributed by atoms with van der Waals surface area (Å²) in [6, 6.07) is 2.79. The summed E-state index contributed by atoms with van der Waals surface area (Å²) in [6.07, 6.45) is 3.51. The average Bonchev–Trinajstić information content (AvgIpc) is 2.48. The third-order valence-electron chi connectivity index (χ3n) is 2.82. The maximum atomic E-state index is 5.91. The van der Waals surface area contributed by atoms with Gasteiger partial charge in [-0.3, -0.25) is 15.2 Å². The minimum absolute atomic E-state index is 0.359. The standard InChI is InChI=1S/C10H16N4/c1-7-10(14(2)6-13-7)8-3-4-12-5-9(8)11/h3-5,7,10,13H,6,11H2,1-2H3. The molecule has 1 fully saturated rings. The maximum absolute atomic E-state index is 5.91. The van der Waals surface area contributed by atoms with Crippen molar-refractivity contribution in [2.45, 2.75) is 19.0 Å². The molecule has 2 unspecified atom stereocenters. The van der Waals surface area contributed by atoms with E-state index in [1.165, 1.54) is 5.56 Å². The van der Waals surface area contributed by atoms with Crippen LogP contribution in [0, 0.1) is 0 Å². The Hall–Kier alpha value is -1.13. The van der Waals surface area contributed by atoms with Gasteiger partial charge in [0.15, 0.2) is 0 Å². The number of likely N-dealkylation sites (N-methyl/N-ethyl adjacent to an activating group) is 1. The number of hydrogen-bond donors (Lipinski definition) is 2. The summed E-state index contributed by atoms with van der Waals surface area (Å²) < 4.78 is 0. The third-order valence-corrected chi connectivity index (χ3v) is 2.82. The van der Waals surface area contributed by atoms with Crippen LogP contribution in [0.5, 0.6) is 0 Å². The first-order valence-electron chi connectivity index (χ1n) is 4.83. The predicted octanol–water partition coefficient (Wildman–Crippen LogP) is 0.586. The van der Waals surface area contributed by atoms with Crippen molar-refractivity contribution in [3.63, 3.8) is 0 Å².